The van der Waals surface area contributed by atoms with Gasteiger partial charge in [-0.2, -0.15) is 0 Å². The van der Waals surface area contributed by atoms with Crippen molar-refractivity contribution in [2.24, 2.45) is 0 Å². The number of alkyl halides is 2. The summed E-state index contributed by atoms with van der Waals surface area (Å²) in [5.74, 6) is 0.584. The second kappa shape index (κ2) is 15.9. The number of hydrogen-bond acceptors (Lipinski definition) is 10. The molecule has 2 aliphatic rings. The summed E-state index contributed by atoms with van der Waals surface area (Å²) < 4.78 is 53.5. The van der Waals surface area contributed by atoms with E-state index >= 15 is 0 Å². The van der Waals surface area contributed by atoms with Crippen molar-refractivity contribution in [1.82, 2.24) is 28.7 Å². The molecule has 290 valence electrons. The summed E-state index contributed by atoms with van der Waals surface area (Å²) in [4.78, 5) is 44.8. The predicted octanol–water partition coefficient (Wildman–Crippen LogP) is 7.01. The average molecular weight is 767 g/mol. The molecule has 56 heavy (non-hydrogen) atoms. The van der Waals surface area contributed by atoms with Gasteiger partial charge in [-0.05, 0) is 56.4 Å². The number of ether oxygens (including phenoxy) is 4. The minimum absolute atomic E-state index is 0.120. The number of hydrogen-bond donors (Lipinski definition) is 2. The SMILES string of the molecule is CCOc1cc2nc(C3CC3)cn2cc1NC(=O)c1cc(CCOc2cc3nc(C4CCOCC4)cn3cc2NC(=O)c2cccc(C(F)F)n2)cc(OC)n1. The molecular weight excluding hydrogens is 726 g/mol. The Kier molecular flexibility index (Phi) is 10.4. The van der Waals surface area contributed by atoms with Crippen LogP contribution in [0.4, 0.5) is 20.2 Å². The highest BCUT2D eigenvalue weighted by Crippen LogP contribution is 2.40. The van der Waals surface area contributed by atoms with Crippen molar-refractivity contribution in [3.63, 3.8) is 0 Å². The van der Waals surface area contributed by atoms with Crippen LogP contribution in [0.3, 0.4) is 0 Å². The molecule has 14 nitrogen and oxygen atoms in total. The molecule has 1 saturated carbocycles. The zero-order valence-corrected chi connectivity index (χ0v) is 30.8. The van der Waals surface area contributed by atoms with Crippen LogP contribution in [0.2, 0.25) is 0 Å². The number of methoxy groups -OCH3 is 1. The van der Waals surface area contributed by atoms with Gasteiger partial charge in [-0.25, -0.2) is 28.7 Å². The highest BCUT2D eigenvalue weighted by molar-refractivity contribution is 6.04. The molecular formula is C40H40F2N8O6. The molecule has 1 aliphatic carbocycles. The summed E-state index contributed by atoms with van der Waals surface area (Å²) in [5.41, 5.74) is 4.17. The number of carbonyl (C=O) groups is 2. The van der Waals surface area contributed by atoms with Crippen LogP contribution in [0, 0.1) is 0 Å². The summed E-state index contributed by atoms with van der Waals surface area (Å²) in [7, 11) is 1.47. The minimum atomic E-state index is -2.83. The molecule has 16 heteroatoms. The molecule has 6 aromatic heterocycles. The van der Waals surface area contributed by atoms with Crippen LogP contribution in [-0.2, 0) is 11.2 Å². The fourth-order valence-electron chi connectivity index (χ4n) is 6.69. The van der Waals surface area contributed by atoms with Crippen molar-refractivity contribution in [3.05, 3.63) is 101 Å². The number of amides is 2. The second-order valence-electron chi connectivity index (χ2n) is 13.7. The van der Waals surface area contributed by atoms with Gasteiger partial charge in [-0.15, -0.1) is 0 Å². The van der Waals surface area contributed by atoms with E-state index in [1.54, 1.807) is 35.0 Å². The first-order valence-corrected chi connectivity index (χ1v) is 18.6. The molecule has 2 N–H and O–H groups in total. The maximum Gasteiger partial charge on any atom is 0.280 e. The van der Waals surface area contributed by atoms with Crippen LogP contribution in [-0.4, -0.2) is 74.1 Å². The maximum atomic E-state index is 13.7. The molecule has 1 saturated heterocycles. The van der Waals surface area contributed by atoms with Crippen molar-refractivity contribution >= 4 is 34.5 Å². The van der Waals surface area contributed by atoms with Crippen molar-refractivity contribution < 1.29 is 37.3 Å². The van der Waals surface area contributed by atoms with E-state index in [4.69, 9.17) is 28.9 Å². The number of anilines is 2. The number of nitrogens with zero attached hydrogens (tertiary/aromatic N) is 6. The van der Waals surface area contributed by atoms with Crippen molar-refractivity contribution in [2.45, 2.75) is 57.3 Å². The quantitative estimate of drug-likeness (QED) is 0.118. The number of aromatic nitrogens is 6. The van der Waals surface area contributed by atoms with E-state index in [0.717, 1.165) is 48.8 Å². The van der Waals surface area contributed by atoms with E-state index in [1.165, 1.54) is 19.2 Å². The molecule has 0 radical (unpaired) electrons. The van der Waals surface area contributed by atoms with Crippen LogP contribution < -0.4 is 24.8 Å². The Hall–Kier alpha value is -6.16. The molecule has 0 bridgehead atoms. The second-order valence-corrected chi connectivity index (χ2v) is 13.7. The average Bonchev–Trinajstić information content (AvgIpc) is 3.85. The Morgan fingerprint density at radius 2 is 1.43 bits per heavy atom. The van der Waals surface area contributed by atoms with Gasteiger partial charge in [0, 0.05) is 74.5 Å². The molecule has 0 aromatic carbocycles. The van der Waals surface area contributed by atoms with Crippen LogP contribution in [0.1, 0.15) is 94.5 Å². The van der Waals surface area contributed by atoms with E-state index in [1.807, 2.05) is 29.8 Å². The molecule has 0 atom stereocenters. The Balaban J connectivity index is 1.02. The Morgan fingerprint density at radius 1 is 0.804 bits per heavy atom. The lowest BCUT2D eigenvalue weighted by atomic mass is 9.97. The fraction of sp³-hybridized carbons (Fsp3) is 0.350. The zero-order valence-electron chi connectivity index (χ0n) is 30.8. The van der Waals surface area contributed by atoms with Crippen LogP contribution >= 0.6 is 0 Å². The molecule has 0 unspecified atom stereocenters. The molecule has 6 aromatic rings. The smallest absolute Gasteiger partial charge is 0.280 e. The fourth-order valence-corrected chi connectivity index (χ4v) is 6.69. The lowest BCUT2D eigenvalue weighted by molar-refractivity contribution is 0.0846. The Labute approximate surface area is 320 Å². The first kappa shape index (κ1) is 36.8. The Morgan fingerprint density at radius 3 is 2.04 bits per heavy atom. The minimum Gasteiger partial charge on any atom is -0.491 e. The number of nitrogens with one attached hydrogen (secondary N) is 2. The van der Waals surface area contributed by atoms with Gasteiger partial charge in [-0.1, -0.05) is 6.07 Å². The van der Waals surface area contributed by atoms with Crippen LogP contribution in [0.5, 0.6) is 17.4 Å². The number of halogens is 2. The topological polar surface area (TPSA) is 156 Å². The normalized spacial score (nSPS) is 14.7. The molecule has 0 spiro atoms. The maximum absolute atomic E-state index is 13.7. The van der Waals surface area contributed by atoms with Gasteiger partial charge in [0.05, 0.1) is 31.7 Å². The standard InChI is InChI=1S/C40H40F2N8O6/c1-3-55-33-17-35-44-29(24-7-8-24)19-49(35)21-31(33)48-40(52)28-15-23(16-37(46-28)53-2)9-14-56-34-18-36-45-30(25-10-12-54-13-11-25)20-50(36)22-32(34)47-39(51)27-6-4-5-26(43-27)38(41)42/h4-6,15-22,24-25,38H,3,7-14H2,1-2H3,(H,47,51)(H,48,52). The van der Waals surface area contributed by atoms with Crippen molar-refractivity contribution in [2.75, 3.05) is 44.2 Å². The van der Waals surface area contributed by atoms with Gasteiger partial charge in [0.15, 0.2) is 0 Å². The van der Waals surface area contributed by atoms with Gasteiger partial charge >= 0.3 is 0 Å². The van der Waals surface area contributed by atoms with Gasteiger partial charge in [0.25, 0.3) is 18.2 Å². The molecule has 8 rings (SSSR count). The monoisotopic (exact) mass is 766 g/mol. The van der Waals surface area contributed by atoms with E-state index in [9.17, 15) is 18.4 Å². The zero-order chi connectivity index (χ0) is 38.8. The molecule has 1 aliphatic heterocycles. The third kappa shape index (κ3) is 8.10. The van der Waals surface area contributed by atoms with Crippen LogP contribution in [0.15, 0.2) is 67.3 Å². The Bertz CT molecular complexity index is 2410. The van der Waals surface area contributed by atoms with E-state index < -0.39 is 23.9 Å². The molecule has 2 amide bonds. The molecule has 7 heterocycles. The number of fused-ring (bicyclic) bond motifs is 2. The number of rotatable bonds is 14. The lowest BCUT2D eigenvalue weighted by Gasteiger charge is -2.19. The lowest BCUT2D eigenvalue weighted by Crippen LogP contribution is -2.17. The largest absolute Gasteiger partial charge is 0.491 e. The first-order chi connectivity index (χ1) is 27.2. The molecule has 2 fully saturated rings. The highest BCUT2D eigenvalue weighted by Gasteiger charge is 2.27. The third-order valence-corrected chi connectivity index (χ3v) is 9.76. The number of imidazole rings is 2. The summed E-state index contributed by atoms with van der Waals surface area (Å²) in [5, 5.41) is 5.73. The van der Waals surface area contributed by atoms with Gasteiger partial charge in [0.1, 0.15) is 51.2 Å². The number of carbonyl (C=O) groups excluding carboxylic acids is 2. The summed E-state index contributed by atoms with van der Waals surface area (Å²) >= 11 is 0. The van der Waals surface area contributed by atoms with Crippen LogP contribution in [0.25, 0.3) is 11.3 Å². The first-order valence-electron chi connectivity index (χ1n) is 18.6. The summed E-state index contributed by atoms with van der Waals surface area (Å²) in [6.45, 7) is 3.69. The van der Waals surface area contributed by atoms with Crippen molar-refractivity contribution in [3.8, 4) is 17.4 Å². The summed E-state index contributed by atoms with van der Waals surface area (Å²) in [6.07, 6.45) is 8.77. The van der Waals surface area contributed by atoms with E-state index in [0.29, 0.717) is 66.2 Å². The predicted molar refractivity (Wildman–Crippen MR) is 201 cm³/mol. The van der Waals surface area contributed by atoms with Gasteiger partial charge in [-0.3, -0.25) is 9.59 Å². The van der Waals surface area contributed by atoms with E-state index in [-0.39, 0.29) is 29.8 Å². The van der Waals surface area contributed by atoms with E-state index in [2.05, 4.69) is 20.6 Å². The summed E-state index contributed by atoms with van der Waals surface area (Å²) in [6, 6.07) is 10.8. The number of pyridine rings is 4. The van der Waals surface area contributed by atoms with Crippen molar-refractivity contribution in [1.29, 1.82) is 0 Å². The van der Waals surface area contributed by atoms with Gasteiger partial charge < -0.3 is 38.4 Å². The highest BCUT2D eigenvalue weighted by atomic mass is 19.3. The third-order valence-electron chi connectivity index (χ3n) is 9.76. The van der Waals surface area contributed by atoms with Gasteiger partial charge in [0.2, 0.25) is 5.88 Å².